The first-order valence-corrected chi connectivity index (χ1v) is 6.86. The average molecular weight is 274 g/mol. The summed E-state index contributed by atoms with van der Waals surface area (Å²) in [4.78, 5) is 14.8. The summed E-state index contributed by atoms with van der Waals surface area (Å²) in [6.07, 6.45) is 2.36. The number of nitrogens with zero attached hydrogens (tertiary/aromatic N) is 1. The van der Waals surface area contributed by atoms with Crippen molar-refractivity contribution in [3.63, 3.8) is 0 Å². The highest BCUT2D eigenvalue weighted by atomic mass is 32.2. The molecule has 0 unspecified atom stereocenters. The number of nitrogens with two attached hydrogens (primary N) is 1. The third kappa shape index (κ3) is 4.55. The topological polar surface area (TPSA) is 134 Å². The van der Waals surface area contributed by atoms with Gasteiger partial charge in [0, 0.05) is 13.1 Å². The van der Waals surface area contributed by atoms with Crippen molar-refractivity contribution in [2.75, 3.05) is 30.4 Å². The predicted molar refractivity (Wildman–Crippen MR) is 66.9 cm³/mol. The van der Waals surface area contributed by atoms with Crippen LogP contribution in [0.25, 0.3) is 0 Å². The molecule has 0 radical (unpaired) electrons. The lowest BCUT2D eigenvalue weighted by Gasteiger charge is -2.09. The molecule has 5 N–H and O–H groups in total. The molecule has 1 aromatic heterocycles. The highest BCUT2D eigenvalue weighted by molar-refractivity contribution is 7.88. The monoisotopic (exact) mass is 274 g/mol. The molecule has 0 saturated heterocycles. The van der Waals surface area contributed by atoms with Gasteiger partial charge in [0.25, 0.3) is 0 Å². The SMILES string of the molecule is CS(=O)(=O)NCCNc1ncc(N)cc1C(=O)O. The fourth-order valence-corrected chi connectivity index (χ4v) is 1.67. The number of aromatic nitrogens is 1. The summed E-state index contributed by atoms with van der Waals surface area (Å²) in [5.74, 6) is -1.01. The molecule has 0 aromatic carbocycles. The number of carbonyl (C=O) groups is 1. The Morgan fingerprint density at radius 1 is 1.50 bits per heavy atom. The summed E-state index contributed by atoms with van der Waals surface area (Å²) in [6.45, 7) is 0.341. The van der Waals surface area contributed by atoms with Crippen molar-refractivity contribution in [2.24, 2.45) is 0 Å². The van der Waals surface area contributed by atoms with Crippen LogP contribution in [-0.2, 0) is 10.0 Å². The molecule has 8 nitrogen and oxygen atoms in total. The van der Waals surface area contributed by atoms with Crippen LogP contribution in [0.1, 0.15) is 10.4 Å². The van der Waals surface area contributed by atoms with E-state index >= 15 is 0 Å². The van der Waals surface area contributed by atoms with Gasteiger partial charge in [-0.15, -0.1) is 0 Å². The number of pyridine rings is 1. The molecular formula is C9H14N4O4S. The maximum absolute atomic E-state index is 10.9. The zero-order valence-corrected chi connectivity index (χ0v) is 10.5. The highest BCUT2D eigenvalue weighted by Crippen LogP contribution is 2.14. The minimum absolute atomic E-state index is 0.0608. The fourth-order valence-electron chi connectivity index (χ4n) is 1.20. The minimum Gasteiger partial charge on any atom is -0.478 e. The van der Waals surface area contributed by atoms with Crippen molar-refractivity contribution in [3.8, 4) is 0 Å². The normalized spacial score (nSPS) is 11.2. The summed E-state index contributed by atoms with van der Waals surface area (Å²) in [5.41, 5.74) is 5.61. The second-order valence-electron chi connectivity index (χ2n) is 3.56. The second kappa shape index (κ2) is 5.65. The van der Waals surface area contributed by atoms with Crippen LogP contribution in [0.5, 0.6) is 0 Å². The van der Waals surface area contributed by atoms with Gasteiger partial charge in [-0.2, -0.15) is 0 Å². The van der Waals surface area contributed by atoms with E-state index in [1.807, 2.05) is 0 Å². The van der Waals surface area contributed by atoms with Gasteiger partial charge in [-0.3, -0.25) is 0 Å². The van der Waals surface area contributed by atoms with Crippen molar-refractivity contribution in [1.29, 1.82) is 0 Å². The summed E-state index contributed by atoms with van der Waals surface area (Å²) < 4.78 is 23.9. The molecule has 0 fully saturated rings. The largest absolute Gasteiger partial charge is 0.478 e. The van der Waals surface area contributed by atoms with E-state index < -0.39 is 16.0 Å². The Bertz CT molecular complexity index is 543. The first-order chi connectivity index (χ1) is 8.29. The summed E-state index contributed by atoms with van der Waals surface area (Å²) >= 11 is 0. The Labute approximate surface area is 104 Å². The molecule has 0 bridgehead atoms. The molecule has 0 saturated carbocycles. The van der Waals surface area contributed by atoms with Gasteiger partial charge in [0.1, 0.15) is 11.4 Å². The van der Waals surface area contributed by atoms with Crippen LogP contribution in [0.15, 0.2) is 12.3 Å². The predicted octanol–water partition coefficient (Wildman–Crippen LogP) is -0.677. The first-order valence-electron chi connectivity index (χ1n) is 4.97. The van der Waals surface area contributed by atoms with Crippen molar-refractivity contribution in [3.05, 3.63) is 17.8 Å². The van der Waals surface area contributed by atoms with Crippen molar-refractivity contribution in [1.82, 2.24) is 9.71 Å². The van der Waals surface area contributed by atoms with Crippen LogP contribution in [-0.4, -0.2) is 43.8 Å². The molecule has 1 aromatic rings. The molecule has 0 spiro atoms. The highest BCUT2D eigenvalue weighted by Gasteiger charge is 2.11. The molecule has 0 atom stereocenters. The zero-order chi connectivity index (χ0) is 13.8. The number of anilines is 2. The molecule has 0 aliphatic rings. The van der Waals surface area contributed by atoms with Gasteiger partial charge in [-0.25, -0.2) is 22.9 Å². The number of carboxylic acid groups (broad SMARTS) is 1. The number of hydrogen-bond donors (Lipinski definition) is 4. The van der Waals surface area contributed by atoms with E-state index in [2.05, 4.69) is 15.0 Å². The Hall–Kier alpha value is -1.87. The van der Waals surface area contributed by atoms with Crippen LogP contribution >= 0.6 is 0 Å². The Morgan fingerprint density at radius 2 is 2.17 bits per heavy atom. The van der Waals surface area contributed by atoms with E-state index in [-0.39, 0.29) is 30.2 Å². The summed E-state index contributed by atoms with van der Waals surface area (Å²) in [6, 6.07) is 1.28. The maximum Gasteiger partial charge on any atom is 0.339 e. The lowest BCUT2D eigenvalue weighted by Crippen LogP contribution is -2.28. The molecular weight excluding hydrogens is 260 g/mol. The van der Waals surface area contributed by atoms with Crippen LogP contribution in [0.4, 0.5) is 11.5 Å². The lowest BCUT2D eigenvalue weighted by molar-refractivity contribution is 0.0697. The van der Waals surface area contributed by atoms with Gasteiger partial charge in [-0.05, 0) is 6.07 Å². The average Bonchev–Trinajstić information content (AvgIpc) is 2.24. The van der Waals surface area contributed by atoms with E-state index in [4.69, 9.17) is 10.8 Å². The van der Waals surface area contributed by atoms with Crippen LogP contribution in [0.2, 0.25) is 0 Å². The van der Waals surface area contributed by atoms with E-state index in [0.29, 0.717) is 0 Å². The quantitative estimate of drug-likeness (QED) is 0.505. The van der Waals surface area contributed by atoms with Crippen molar-refractivity contribution in [2.45, 2.75) is 0 Å². The summed E-state index contributed by atoms with van der Waals surface area (Å²) in [7, 11) is -3.26. The third-order valence-electron chi connectivity index (χ3n) is 1.92. The fraction of sp³-hybridized carbons (Fsp3) is 0.333. The van der Waals surface area contributed by atoms with Crippen molar-refractivity contribution < 1.29 is 18.3 Å². The number of aromatic carboxylic acids is 1. The van der Waals surface area contributed by atoms with E-state index in [9.17, 15) is 13.2 Å². The number of sulfonamides is 1. The van der Waals surface area contributed by atoms with Gasteiger partial charge < -0.3 is 16.2 Å². The molecule has 1 heterocycles. The number of carboxylic acids is 1. The molecule has 0 amide bonds. The van der Waals surface area contributed by atoms with Crippen molar-refractivity contribution >= 4 is 27.5 Å². The van der Waals surface area contributed by atoms with Crippen LogP contribution < -0.4 is 15.8 Å². The number of rotatable bonds is 6. The number of hydrogen-bond acceptors (Lipinski definition) is 6. The van der Waals surface area contributed by atoms with Crippen LogP contribution in [0.3, 0.4) is 0 Å². The Kier molecular flexibility index (Phi) is 4.45. The Balaban J connectivity index is 2.65. The molecule has 1 rings (SSSR count). The molecule has 0 aliphatic carbocycles. The number of nitrogens with one attached hydrogen (secondary N) is 2. The smallest absolute Gasteiger partial charge is 0.339 e. The zero-order valence-electron chi connectivity index (χ0n) is 9.67. The van der Waals surface area contributed by atoms with Gasteiger partial charge in [0.05, 0.1) is 18.1 Å². The van der Waals surface area contributed by atoms with E-state index in [0.717, 1.165) is 6.26 Å². The van der Waals surface area contributed by atoms with E-state index in [1.54, 1.807) is 0 Å². The van der Waals surface area contributed by atoms with Crippen LogP contribution in [0, 0.1) is 0 Å². The van der Waals surface area contributed by atoms with Gasteiger partial charge in [-0.1, -0.05) is 0 Å². The lowest BCUT2D eigenvalue weighted by atomic mass is 10.2. The molecule has 100 valence electrons. The van der Waals surface area contributed by atoms with Gasteiger partial charge >= 0.3 is 5.97 Å². The molecule has 18 heavy (non-hydrogen) atoms. The van der Waals surface area contributed by atoms with Gasteiger partial charge in [0.2, 0.25) is 10.0 Å². The summed E-state index contributed by atoms with van der Waals surface area (Å²) in [5, 5.41) is 11.6. The third-order valence-corrected chi connectivity index (χ3v) is 2.65. The minimum atomic E-state index is -3.26. The molecule has 9 heteroatoms. The second-order valence-corrected chi connectivity index (χ2v) is 5.40. The maximum atomic E-state index is 10.9. The molecule has 0 aliphatic heterocycles. The first kappa shape index (κ1) is 14.2. The standard InChI is InChI=1S/C9H14N4O4S/c1-18(16,17)13-3-2-11-8-7(9(14)15)4-6(10)5-12-8/h4-5,13H,2-3,10H2,1H3,(H,11,12)(H,14,15). The Morgan fingerprint density at radius 3 is 2.72 bits per heavy atom. The number of nitrogen functional groups attached to an aromatic ring is 1. The van der Waals surface area contributed by atoms with E-state index in [1.165, 1.54) is 12.3 Å². The van der Waals surface area contributed by atoms with Gasteiger partial charge in [0.15, 0.2) is 0 Å².